The normalized spacial score (nSPS) is 22.0. The highest BCUT2D eigenvalue weighted by Gasteiger charge is 2.59. The summed E-state index contributed by atoms with van der Waals surface area (Å²) in [6.45, 7) is 1.81. The van der Waals surface area contributed by atoms with Crippen LogP contribution in [0, 0.1) is 36.2 Å². The van der Waals surface area contributed by atoms with Gasteiger partial charge in [-0.25, -0.2) is 18.2 Å². The van der Waals surface area contributed by atoms with E-state index in [0.29, 0.717) is 12.0 Å². The Morgan fingerprint density at radius 3 is 2.51 bits per heavy atom. The van der Waals surface area contributed by atoms with Gasteiger partial charge in [-0.05, 0) is 53.6 Å². The zero-order valence-corrected chi connectivity index (χ0v) is 21.0. The molecular weight excluding hydrogens is 515 g/mol. The van der Waals surface area contributed by atoms with Crippen LogP contribution in [0.5, 0.6) is 11.6 Å². The van der Waals surface area contributed by atoms with Crippen LogP contribution in [-0.4, -0.2) is 46.6 Å². The number of hydrogen-bond donors (Lipinski definition) is 2. The summed E-state index contributed by atoms with van der Waals surface area (Å²) < 4.78 is 61.1. The lowest BCUT2D eigenvalue weighted by atomic mass is 9.96. The minimum atomic E-state index is -0.972. The van der Waals surface area contributed by atoms with Gasteiger partial charge in [-0.3, -0.25) is 4.79 Å². The largest absolute Gasteiger partial charge is 0.493 e. The molecule has 0 radical (unpaired) electrons. The molecule has 2 fully saturated rings. The maximum atomic E-state index is 15.1. The summed E-state index contributed by atoms with van der Waals surface area (Å²) in [6.07, 6.45) is 2.51. The standard InChI is InChI=1S/C29H26F3NO6/c1-14-4-21(30)16(11-39-24-7-15-5-19-25(20(15)10-33-24)27(19)28(34)35)6-18(14)26-22(31)8-17(9-23(26)32)38-3-2-29(36)12-37-13-29/h4,6-10,19,25,27,36H,2-3,5,11-13H2,1H3,(H,34,35)/t19-,25-,27+/m1/s1. The fraction of sp³-hybridized carbons (Fsp3) is 0.379. The van der Waals surface area contributed by atoms with Gasteiger partial charge in [0.05, 0.1) is 31.3 Å². The Balaban J connectivity index is 1.17. The lowest BCUT2D eigenvalue weighted by molar-refractivity contribution is -0.184. The number of nitrogens with zero attached hydrogens (tertiary/aromatic N) is 1. The number of pyridine rings is 1. The van der Waals surface area contributed by atoms with Gasteiger partial charge in [-0.15, -0.1) is 0 Å². The molecule has 10 heteroatoms. The first-order valence-electron chi connectivity index (χ1n) is 12.7. The minimum absolute atomic E-state index is 0.0126. The molecule has 2 aromatic carbocycles. The Morgan fingerprint density at radius 1 is 1.10 bits per heavy atom. The van der Waals surface area contributed by atoms with E-state index in [1.165, 1.54) is 12.1 Å². The highest BCUT2D eigenvalue weighted by Crippen LogP contribution is 2.61. The lowest BCUT2D eigenvalue weighted by Gasteiger charge is -2.36. The second kappa shape index (κ2) is 9.53. The van der Waals surface area contributed by atoms with E-state index < -0.39 is 29.0 Å². The van der Waals surface area contributed by atoms with Crippen LogP contribution in [0.1, 0.15) is 34.6 Å². The molecule has 2 aliphatic carbocycles. The molecule has 1 aromatic heterocycles. The maximum Gasteiger partial charge on any atom is 0.307 e. The second-order valence-corrected chi connectivity index (χ2v) is 10.6. The summed E-state index contributed by atoms with van der Waals surface area (Å²) in [6, 6.07) is 6.43. The molecular formula is C29H26F3NO6. The predicted molar refractivity (Wildman–Crippen MR) is 132 cm³/mol. The Hall–Kier alpha value is -3.63. The number of carboxylic acid groups (broad SMARTS) is 1. The van der Waals surface area contributed by atoms with Crippen molar-refractivity contribution < 1.29 is 42.4 Å². The third kappa shape index (κ3) is 4.72. The molecule has 3 atom stereocenters. The van der Waals surface area contributed by atoms with Crippen molar-refractivity contribution in [2.45, 2.75) is 37.9 Å². The van der Waals surface area contributed by atoms with Gasteiger partial charge in [0.15, 0.2) is 0 Å². The van der Waals surface area contributed by atoms with Crippen molar-refractivity contribution in [1.29, 1.82) is 0 Å². The number of carbonyl (C=O) groups is 1. The van der Waals surface area contributed by atoms with Crippen LogP contribution in [0.2, 0.25) is 0 Å². The number of aryl methyl sites for hydroxylation is 1. The number of aliphatic carboxylic acids is 1. The number of ether oxygens (including phenoxy) is 3. The van der Waals surface area contributed by atoms with Gasteiger partial charge in [0.2, 0.25) is 5.88 Å². The summed E-state index contributed by atoms with van der Waals surface area (Å²) in [5.74, 6) is -3.15. The van der Waals surface area contributed by atoms with Gasteiger partial charge in [0.25, 0.3) is 0 Å². The Morgan fingerprint density at radius 2 is 1.85 bits per heavy atom. The van der Waals surface area contributed by atoms with E-state index in [1.54, 1.807) is 19.2 Å². The summed E-state index contributed by atoms with van der Waals surface area (Å²) in [5.41, 5.74) is 1.22. The molecule has 0 unspecified atom stereocenters. The fourth-order valence-corrected chi connectivity index (χ4v) is 5.66. The van der Waals surface area contributed by atoms with Gasteiger partial charge in [-0.1, -0.05) is 0 Å². The van der Waals surface area contributed by atoms with E-state index in [4.69, 9.17) is 14.2 Å². The van der Waals surface area contributed by atoms with Crippen molar-refractivity contribution in [3.05, 3.63) is 76.2 Å². The average Bonchev–Trinajstić information content (AvgIpc) is 3.45. The van der Waals surface area contributed by atoms with Gasteiger partial charge in [0.1, 0.15) is 35.4 Å². The van der Waals surface area contributed by atoms with Crippen molar-refractivity contribution in [3.63, 3.8) is 0 Å². The first kappa shape index (κ1) is 25.6. The smallest absolute Gasteiger partial charge is 0.307 e. The average molecular weight is 542 g/mol. The van der Waals surface area contributed by atoms with Crippen molar-refractivity contribution in [2.75, 3.05) is 19.8 Å². The van der Waals surface area contributed by atoms with Gasteiger partial charge < -0.3 is 24.4 Å². The van der Waals surface area contributed by atoms with E-state index in [9.17, 15) is 19.4 Å². The van der Waals surface area contributed by atoms with Gasteiger partial charge in [-0.2, -0.15) is 0 Å². The van der Waals surface area contributed by atoms with Crippen LogP contribution in [-0.2, 0) is 22.6 Å². The van der Waals surface area contributed by atoms with Crippen LogP contribution in [0.25, 0.3) is 11.1 Å². The van der Waals surface area contributed by atoms with Crippen molar-refractivity contribution in [2.24, 2.45) is 11.8 Å². The molecule has 204 valence electrons. The SMILES string of the molecule is Cc1cc(F)c(COc2cc3c(cn2)[C@H]2[C@@H](C3)[C@@H]2C(=O)O)cc1-c1c(F)cc(OCCC2(O)COC2)cc1F. The number of fused-ring (bicyclic) bond motifs is 3. The lowest BCUT2D eigenvalue weighted by Crippen LogP contribution is -2.50. The van der Waals surface area contributed by atoms with E-state index >= 15 is 8.78 Å². The van der Waals surface area contributed by atoms with E-state index in [0.717, 1.165) is 23.3 Å². The Kier molecular flexibility index (Phi) is 6.27. The zero-order valence-electron chi connectivity index (χ0n) is 21.0. The highest BCUT2D eigenvalue weighted by molar-refractivity contribution is 5.77. The third-order valence-corrected chi connectivity index (χ3v) is 7.90. The summed E-state index contributed by atoms with van der Waals surface area (Å²) in [4.78, 5) is 15.6. The first-order valence-corrected chi connectivity index (χ1v) is 12.7. The van der Waals surface area contributed by atoms with Crippen LogP contribution in [0.3, 0.4) is 0 Å². The number of rotatable bonds is 9. The molecule has 7 nitrogen and oxygen atoms in total. The minimum Gasteiger partial charge on any atom is -0.493 e. The van der Waals surface area contributed by atoms with Crippen LogP contribution in [0.15, 0.2) is 36.5 Å². The van der Waals surface area contributed by atoms with Crippen molar-refractivity contribution in [3.8, 4) is 22.8 Å². The molecule has 1 aliphatic heterocycles. The zero-order chi connectivity index (χ0) is 27.5. The fourth-order valence-electron chi connectivity index (χ4n) is 5.66. The molecule has 3 aromatic rings. The number of hydrogen-bond acceptors (Lipinski definition) is 6. The number of halogens is 3. The molecule has 39 heavy (non-hydrogen) atoms. The number of benzene rings is 2. The van der Waals surface area contributed by atoms with Crippen molar-refractivity contribution in [1.82, 2.24) is 4.98 Å². The third-order valence-electron chi connectivity index (χ3n) is 7.90. The molecule has 0 bridgehead atoms. The first-order chi connectivity index (χ1) is 18.6. The molecule has 3 aliphatic rings. The topological polar surface area (TPSA) is 98.1 Å². The van der Waals surface area contributed by atoms with Gasteiger partial charge >= 0.3 is 5.97 Å². The maximum absolute atomic E-state index is 15.1. The summed E-state index contributed by atoms with van der Waals surface area (Å²) in [7, 11) is 0. The summed E-state index contributed by atoms with van der Waals surface area (Å²) >= 11 is 0. The number of aliphatic hydroxyl groups is 1. The highest BCUT2D eigenvalue weighted by atomic mass is 19.1. The van der Waals surface area contributed by atoms with Crippen LogP contribution in [0.4, 0.5) is 13.2 Å². The monoisotopic (exact) mass is 541 g/mol. The van der Waals surface area contributed by atoms with E-state index in [2.05, 4.69) is 4.98 Å². The summed E-state index contributed by atoms with van der Waals surface area (Å²) in [5, 5.41) is 19.3. The quantitative estimate of drug-likeness (QED) is 0.410. The molecule has 1 saturated heterocycles. The van der Waals surface area contributed by atoms with Crippen LogP contribution >= 0.6 is 0 Å². The Bertz CT molecular complexity index is 1450. The van der Waals surface area contributed by atoms with E-state index in [-0.39, 0.29) is 78.9 Å². The van der Waals surface area contributed by atoms with Crippen molar-refractivity contribution >= 4 is 5.97 Å². The molecule has 2 N–H and O–H groups in total. The molecule has 0 spiro atoms. The number of carboxylic acids is 1. The molecule has 2 heterocycles. The molecule has 1 saturated carbocycles. The predicted octanol–water partition coefficient (Wildman–Crippen LogP) is 4.55. The second-order valence-electron chi connectivity index (χ2n) is 10.6. The van der Waals surface area contributed by atoms with Crippen LogP contribution < -0.4 is 9.47 Å². The number of aromatic nitrogens is 1. The molecule has 0 amide bonds. The molecule has 6 rings (SSSR count). The van der Waals surface area contributed by atoms with E-state index in [1.807, 2.05) is 0 Å². The van der Waals surface area contributed by atoms with Gasteiger partial charge in [0, 0.05) is 42.3 Å². The Labute approximate surface area is 222 Å².